The zero-order chi connectivity index (χ0) is 20.9. The molecule has 0 atom stereocenters. The molecule has 2 aliphatic heterocycles. The number of allylic oxidation sites excluding steroid dienone is 1. The monoisotopic (exact) mass is 422 g/mol. The summed E-state index contributed by atoms with van der Waals surface area (Å²) in [6, 6.07) is 18.8. The van der Waals surface area contributed by atoms with Gasteiger partial charge in [0.2, 0.25) is 0 Å². The van der Waals surface area contributed by atoms with Crippen LogP contribution < -0.4 is 0 Å². The fourth-order valence-corrected chi connectivity index (χ4v) is 4.30. The minimum absolute atomic E-state index is 0.269. The number of ether oxygens (including phenoxy) is 1. The van der Waals surface area contributed by atoms with Gasteiger partial charge in [-0.3, -0.25) is 4.90 Å². The van der Waals surface area contributed by atoms with Gasteiger partial charge in [0.1, 0.15) is 12.4 Å². The van der Waals surface area contributed by atoms with Crippen LogP contribution in [0.15, 0.2) is 89.3 Å². The van der Waals surface area contributed by atoms with Crippen LogP contribution in [0.3, 0.4) is 0 Å². The van der Waals surface area contributed by atoms with Crippen molar-refractivity contribution in [1.82, 2.24) is 9.80 Å². The second-order valence-corrected chi connectivity index (χ2v) is 8.24. The molecule has 0 radical (unpaired) electrons. The molecule has 1 fully saturated rings. The predicted octanol–water partition coefficient (Wildman–Crippen LogP) is 5.82. The van der Waals surface area contributed by atoms with Crippen molar-refractivity contribution in [2.24, 2.45) is 0 Å². The first-order chi connectivity index (χ1) is 14.7. The van der Waals surface area contributed by atoms with E-state index in [1.54, 1.807) is 0 Å². The Hall–Kier alpha value is -2.50. The number of rotatable bonds is 7. The second kappa shape index (κ2) is 9.54. The van der Waals surface area contributed by atoms with Crippen LogP contribution in [0.25, 0.3) is 0 Å². The summed E-state index contributed by atoms with van der Waals surface area (Å²) in [5.41, 5.74) is 5.30. The molecule has 0 aromatic heterocycles. The Labute approximate surface area is 182 Å². The Morgan fingerprint density at radius 3 is 2.43 bits per heavy atom. The van der Waals surface area contributed by atoms with Crippen LogP contribution in [0.4, 0.5) is 3.89 Å². The van der Waals surface area contributed by atoms with Gasteiger partial charge in [0.25, 0.3) is 0 Å². The average Bonchev–Trinajstić information content (AvgIpc) is 2.79. The SMILES string of the molecule is C=C1C(OCc2ccccc2)=CN2CCN(Cc3ccc(CC)cc3)CC2=C1SF. The van der Waals surface area contributed by atoms with Gasteiger partial charge in [0.05, 0.1) is 17.1 Å². The molecule has 2 aromatic carbocycles. The fourth-order valence-electron chi connectivity index (χ4n) is 3.84. The van der Waals surface area contributed by atoms with Gasteiger partial charge in [-0.1, -0.05) is 68.1 Å². The van der Waals surface area contributed by atoms with Crippen LogP contribution in [0.2, 0.25) is 0 Å². The summed E-state index contributed by atoms with van der Waals surface area (Å²) in [5, 5.41) is 0. The van der Waals surface area contributed by atoms with Crippen LogP contribution in [0.1, 0.15) is 23.6 Å². The van der Waals surface area contributed by atoms with Gasteiger partial charge in [-0.15, -0.1) is 0 Å². The van der Waals surface area contributed by atoms with E-state index in [4.69, 9.17) is 4.74 Å². The van der Waals surface area contributed by atoms with Gasteiger partial charge in [-0.2, -0.15) is 3.89 Å². The lowest BCUT2D eigenvalue weighted by atomic mass is 10.1. The lowest BCUT2D eigenvalue weighted by Crippen LogP contribution is -2.43. The first kappa shape index (κ1) is 20.8. The maximum Gasteiger partial charge on any atom is 0.143 e. The fraction of sp³-hybridized carbons (Fsp3) is 0.280. The quantitative estimate of drug-likeness (QED) is 0.558. The van der Waals surface area contributed by atoms with Gasteiger partial charge in [0, 0.05) is 43.6 Å². The first-order valence-electron chi connectivity index (χ1n) is 10.3. The van der Waals surface area contributed by atoms with Crippen molar-refractivity contribution >= 4 is 12.1 Å². The highest BCUT2D eigenvalue weighted by atomic mass is 32.2. The van der Waals surface area contributed by atoms with Gasteiger partial charge in [0.15, 0.2) is 0 Å². The highest BCUT2D eigenvalue weighted by molar-refractivity contribution is 7.98. The van der Waals surface area contributed by atoms with Crippen LogP contribution in [-0.4, -0.2) is 29.4 Å². The molecular weight excluding hydrogens is 395 g/mol. The molecule has 0 amide bonds. The summed E-state index contributed by atoms with van der Waals surface area (Å²) in [6.07, 6.45) is 3.03. The molecule has 2 aliphatic rings. The Kier molecular flexibility index (Phi) is 6.60. The summed E-state index contributed by atoms with van der Waals surface area (Å²) in [4.78, 5) is 5.06. The van der Waals surface area contributed by atoms with E-state index in [9.17, 15) is 3.89 Å². The lowest BCUT2D eigenvalue weighted by Gasteiger charge is -2.40. The van der Waals surface area contributed by atoms with Crippen molar-refractivity contribution in [3.8, 4) is 0 Å². The molecular formula is C25H27FN2OS. The van der Waals surface area contributed by atoms with Gasteiger partial charge >= 0.3 is 0 Å². The van der Waals surface area contributed by atoms with Crippen molar-refractivity contribution < 1.29 is 8.62 Å². The van der Waals surface area contributed by atoms with E-state index in [2.05, 4.69) is 47.6 Å². The number of fused-ring (bicyclic) bond motifs is 1. The standard InChI is InChI=1S/C25H27FN2OS/c1-3-20-9-11-21(12-10-20)15-27-13-14-28-17-24(19(2)25(30-26)23(28)16-27)29-18-22-7-5-4-6-8-22/h4-12,17H,2-3,13-16,18H2,1H3. The third-order valence-electron chi connectivity index (χ3n) is 5.64. The molecule has 4 rings (SSSR count). The zero-order valence-electron chi connectivity index (χ0n) is 17.3. The molecule has 0 unspecified atom stereocenters. The molecule has 2 heterocycles. The van der Waals surface area contributed by atoms with Crippen molar-refractivity contribution in [2.75, 3.05) is 19.6 Å². The average molecular weight is 423 g/mol. The van der Waals surface area contributed by atoms with E-state index in [1.165, 1.54) is 11.1 Å². The van der Waals surface area contributed by atoms with E-state index < -0.39 is 0 Å². The van der Waals surface area contributed by atoms with Crippen molar-refractivity contribution in [3.05, 3.63) is 106 Å². The number of hydrogen-bond donors (Lipinski definition) is 0. The Balaban J connectivity index is 1.45. The van der Waals surface area contributed by atoms with E-state index >= 15 is 0 Å². The Morgan fingerprint density at radius 1 is 1.00 bits per heavy atom. The molecule has 1 saturated heterocycles. The molecule has 5 heteroatoms. The van der Waals surface area contributed by atoms with Crippen molar-refractivity contribution in [2.45, 2.75) is 26.5 Å². The summed E-state index contributed by atoms with van der Waals surface area (Å²) in [5.74, 6) is 0.645. The number of benzene rings is 2. The van der Waals surface area contributed by atoms with Crippen molar-refractivity contribution in [3.63, 3.8) is 0 Å². The third kappa shape index (κ3) is 4.63. The molecule has 30 heavy (non-hydrogen) atoms. The van der Waals surface area contributed by atoms with Gasteiger partial charge < -0.3 is 9.64 Å². The topological polar surface area (TPSA) is 15.7 Å². The van der Waals surface area contributed by atoms with E-state index in [0.717, 1.165) is 37.3 Å². The Bertz CT molecular complexity index is 953. The van der Waals surface area contributed by atoms with E-state index in [0.29, 0.717) is 29.4 Å². The predicted molar refractivity (Wildman–Crippen MR) is 122 cm³/mol. The third-order valence-corrected chi connectivity index (χ3v) is 6.27. The second-order valence-electron chi connectivity index (χ2n) is 7.67. The number of aryl methyl sites for hydroxylation is 1. The van der Waals surface area contributed by atoms with Crippen LogP contribution in [0.5, 0.6) is 0 Å². The molecule has 3 nitrogen and oxygen atoms in total. The molecule has 0 aliphatic carbocycles. The maximum absolute atomic E-state index is 13.9. The molecule has 2 aromatic rings. The smallest absolute Gasteiger partial charge is 0.143 e. The summed E-state index contributed by atoms with van der Waals surface area (Å²) < 4.78 is 19.9. The highest BCUT2D eigenvalue weighted by Gasteiger charge is 2.30. The Morgan fingerprint density at radius 2 is 1.73 bits per heavy atom. The van der Waals surface area contributed by atoms with E-state index in [1.807, 2.05) is 36.5 Å². The molecule has 0 bridgehead atoms. The number of hydrogen-bond acceptors (Lipinski definition) is 4. The summed E-state index contributed by atoms with van der Waals surface area (Å²) in [7, 11) is 0. The van der Waals surface area contributed by atoms with Crippen LogP contribution in [0, 0.1) is 0 Å². The highest BCUT2D eigenvalue weighted by Crippen LogP contribution is 2.39. The number of halogens is 1. The van der Waals surface area contributed by atoms with Crippen LogP contribution in [-0.2, 0) is 24.3 Å². The minimum atomic E-state index is 0.269. The normalized spacial score (nSPS) is 17.1. The molecule has 0 N–H and O–H groups in total. The number of piperazine rings is 1. The van der Waals surface area contributed by atoms with Gasteiger partial charge in [-0.25, -0.2) is 0 Å². The zero-order valence-corrected chi connectivity index (χ0v) is 18.1. The first-order valence-corrected chi connectivity index (χ1v) is 11.1. The van der Waals surface area contributed by atoms with Crippen LogP contribution >= 0.6 is 12.1 Å². The van der Waals surface area contributed by atoms with E-state index in [-0.39, 0.29) is 12.1 Å². The lowest BCUT2D eigenvalue weighted by molar-refractivity contribution is 0.173. The van der Waals surface area contributed by atoms with Gasteiger partial charge in [-0.05, 0) is 23.1 Å². The summed E-state index contributed by atoms with van der Waals surface area (Å²) in [6.45, 7) is 10.0. The number of nitrogens with zero attached hydrogens (tertiary/aromatic N) is 2. The molecule has 156 valence electrons. The van der Waals surface area contributed by atoms with Crippen molar-refractivity contribution in [1.29, 1.82) is 0 Å². The molecule has 0 spiro atoms. The maximum atomic E-state index is 13.9. The molecule has 0 saturated carbocycles. The summed E-state index contributed by atoms with van der Waals surface area (Å²) >= 11 is 0.269. The largest absolute Gasteiger partial charge is 0.487 e. The minimum Gasteiger partial charge on any atom is -0.487 e.